The van der Waals surface area contributed by atoms with E-state index in [2.05, 4.69) is 16.8 Å². The summed E-state index contributed by atoms with van der Waals surface area (Å²) in [5.41, 5.74) is 5.81. The van der Waals surface area contributed by atoms with Crippen LogP contribution in [-0.4, -0.2) is 31.7 Å². The summed E-state index contributed by atoms with van der Waals surface area (Å²) in [6.45, 7) is 5.12. The predicted octanol–water partition coefficient (Wildman–Crippen LogP) is 1.51. The summed E-state index contributed by atoms with van der Waals surface area (Å²) in [5, 5.41) is 0. The first kappa shape index (κ1) is 12.2. The van der Waals surface area contributed by atoms with Crippen LogP contribution < -0.4 is 15.4 Å². The number of pyridine rings is 1. The van der Waals surface area contributed by atoms with Crippen molar-refractivity contribution < 1.29 is 4.74 Å². The molecule has 0 saturated carbocycles. The Bertz CT molecular complexity index is 352. The van der Waals surface area contributed by atoms with E-state index in [0.717, 1.165) is 37.1 Å². The highest BCUT2D eigenvalue weighted by atomic mass is 16.5. The second-order valence-electron chi connectivity index (χ2n) is 4.76. The highest BCUT2D eigenvalue weighted by Crippen LogP contribution is 2.26. The van der Waals surface area contributed by atoms with Gasteiger partial charge in [-0.3, -0.25) is 0 Å². The molecule has 2 rings (SSSR count). The number of nitrogens with zero attached hydrogens (tertiary/aromatic N) is 2. The van der Waals surface area contributed by atoms with Crippen LogP contribution in [0, 0.1) is 11.8 Å². The predicted molar refractivity (Wildman–Crippen MR) is 69.3 cm³/mol. The summed E-state index contributed by atoms with van der Waals surface area (Å²) in [5.74, 6) is 3.12. The molecule has 4 nitrogen and oxygen atoms in total. The lowest BCUT2D eigenvalue weighted by Crippen LogP contribution is -2.43. The van der Waals surface area contributed by atoms with E-state index in [1.165, 1.54) is 6.42 Å². The van der Waals surface area contributed by atoms with Crippen molar-refractivity contribution in [1.29, 1.82) is 0 Å². The van der Waals surface area contributed by atoms with E-state index in [1.54, 1.807) is 13.3 Å². The largest absolute Gasteiger partial charge is 0.495 e. The summed E-state index contributed by atoms with van der Waals surface area (Å²) in [7, 11) is 1.66. The number of piperidine rings is 1. The van der Waals surface area contributed by atoms with Gasteiger partial charge in [0.05, 0.1) is 13.3 Å². The zero-order valence-corrected chi connectivity index (χ0v) is 10.6. The Balaban J connectivity index is 2.06. The molecule has 0 aliphatic carbocycles. The minimum atomic E-state index is 0.577. The maximum absolute atomic E-state index is 5.81. The molecule has 0 bridgehead atoms. The molecule has 2 unspecified atom stereocenters. The standard InChI is InChI=1S/C13H21N3O/c1-10-5-6-16(9-11(10)7-14)13-4-3-12(17-2)8-15-13/h3-4,8,10-11H,5-7,9,14H2,1-2H3. The molecule has 1 fully saturated rings. The minimum absolute atomic E-state index is 0.577. The highest BCUT2D eigenvalue weighted by Gasteiger charge is 2.25. The average Bonchev–Trinajstić information content (AvgIpc) is 2.39. The summed E-state index contributed by atoms with van der Waals surface area (Å²) < 4.78 is 5.11. The molecule has 1 aliphatic rings. The van der Waals surface area contributed by atoms with Crippen molar-refractivity contribution in [2.75, 3.05) is 31.6 Å². The molecular weight excluding hydrogens is 214 g/mol. The van der Waals surface area contributed by atoms with E-state index in [4.69, 9.17) is 10.5 Å². The fraction of sp³-hybridized carbons (Fsp3) is 0.615. The van der Waals surface area contributed by atoms with Gasteiger partial charge in [-0.15, -0.1) is 0 Å². The Kier molecular flexibility index (Phi) is 3.84. The summed E-state index contributed by atoms with van der Waals surface area (Å²) >= 11 is 0. The smallest absolute Gasteiger partial charge is 0.137 e. The van der Waals surface area contributed by atoms with Gasteiger partial charge < -0.3 is 15.4 Å². The number of nitrogens with two attached hydrogens (primary N) is 1. The third-order valence-electron chi connectivity index (χ3n) is 3.70. The molecule has 2 N–H and O–H groups in total. The Morgan fingerprint density at radius 3 is 2.94 bits per heavy atom. The van der Waals surface area contributed by atoms with E-state index >= 15 is 0 Å². The molecule has 1 aromatic rings. The fourth-order valence-corrected chi connectivity index (χ4v) is 2.34. The molecule has 1 saturated heterocycles. The normalized spacial score (nSPS) is 24.8. The zero-order chi connectivity index (χ0) is 12.3. The highest BCUT2D eigenvalue weighted by molar-refractivity contribution is 5.41. The minimum Gasteiger partial charge on any atom is -0.495 e. The van der Waals surface area contributed by atoms with Crippen LogP contribution in [0.25, 0.3) is 0 Å². The van der Waals surface area contributed by atoms with E-state index in [9.17, 15) is 0 Å². The van der Waals surface area contributed by atoms with Crippen molar-refractivity contribution in [3.05, 3.63) is 18.3 Å². The van der Waals surface area contributed by atoms with Crippen molar-refractivity contribution in [2.24, 2.45) is 17.6 Å². The van der Waals surface area contributed by atoms with Crippen LogP contribution in [0.3, 0.4) is 0 Å². The Morgan fingerprint density at radius 1 is 1.53 bits per heavy atom. The molecule has 0 aromatic carbocycles. The quantitative estimate of drug-likeness (QED) is 0.863. The van der Waals surface area contributed by atoms with Crippen molar-refractivity contribution in [2.45, 2.75) is 13.3 Å². The lowest BCUT2D eigenvalue weighted by atomic mass is 9.87. The number of aromatic nitrogens is 1. The van der Waals surface area contributed by atoms with Gasteiger partial charge in [0.1, 0.15) is 11.6 Å². The Morgan fingerprint density at radius 2 is 2.35 bits per heavy atom. The van der Waals surface area contributed by atoms with Crippen LogP contribution in [0.15, 0.2) is 18.3 Å². The second-order valence-corrected chi connectivity index (χ2v) is 4.76. The molecular formula is C13H21N3O. The monoisotopic (exact) mass is 235 g/mol. The van der Waals surface area contributed by atoms with E-state index in [-0.39, 0.29) is 0 Å². The van der Waals surface area contributed by atoms with Gasteiger partial charge in [0.2, 0.25) is 0 Å². The van der Waals surface area contributed by atoms with E-state index in [1.807, 2.05) is 12.1 Å². The van der Waals surface area contributed by atoms with Gasteiger partial charge in [-0.25, -0.2) is 4.98 Å². The number of ether oxygens (including phenoxy) is 1. The topological polar surface area (TPSA) is 51.4 Å². The Hall–Kier alpha value is -1.29. The number of hydrogen-bond donors (Lipinski definition) is 1. The summed E-state index contributed by atoms with van der Waals surface area (Å²) in [6.07, 6.45) is 2.96. The first-order valence-corrected chi connectivity index (χ1v) is 6.19. The fourth-order valence-electron chi connectivity index (χ4n) is 2.34. The summed E-state index contributed by atoms with van der Waals surface area (Å²) in [4.78, 5) is 6.74. The molecule has 4 heteroatoms. The Labute approximate surface area is 103 Å². The van der Waals surface area contributed by atoms with Crippen LogP contribution in [0.1, 0.15) is 13.3 Å². The molecule has 1 aliphatic heterocycles. The van der Waals surface area contributed by atoms with Gasteiger partial charge >= 0.3 is 0 Å². The van der Waals surface area contributed by atoms with E-state index < -0.39 is 0 Å². The zero-order valence-electron chi connectivity index (χ0n) is 10.6. The first-order chi connectivity index (χ1) is 8.24. The number of hydrogen-bond acceptors (Lipinski definition) is 4. The van der Waals surface area contributed by atoms with Crippen molar-refractivity contribution >= 4 is 5.82 Å². The van der Waals surface area contributed by atoms with Crippen molar-refractivity contribution in [3.63, 3.8) is 0 Å². The molecule has 0 amide bonds. The van der Waals surface area contributed by atoms with Crippen molar-refractivity contribution in [3.8, 4) is 5.75 Å². The van der Waals surface area contributed by atoms with Crippen LogP contribution in [0.4, 0.5) is 5.82 Å². The summed E-state index contributed by atoms with van der Waals surface area (Å²) in [6, 6.07) is 3.97. The molecule has 1 aromatic heterocycles. The molecule has 94 valence electrons. The number of anilines is 1. The second kappa shape index (κ2) is 5.36. The van der Waals surface area contributed by atoms with Gasteiger partial charge in [0, 0.05) is 13.1 Å². The van der Waals surface area contributed by atoms with Gasteiger partial charge in [-0.2, -0.15) is 0 Å². The van der Waals surface area contributed by atoms with Crippen LogP contribution in [0.5, 0.6) is 5.75 Å². The van der Waals surface area contributed by atoms with Gasteiger partial charge in [-0.1, -0.05) is 6.92 Å². The van der Waals surface area contributed by atoms with Gasteiger partial charge in [0.15, 0.2) is 0 Å². The maximum atomic E-state index is 5.81. The molecule has 2 heterocycles. The van der Waals surface area contributed by atoms with E-state index in [0.29, 0.717) is 5.92 Å². The average molecular weight is 235 g/mol. The first-order valence-electron chi connectivity index (χ1n) is 6.19. The molecule has 0 spiro atoms. The van der Waals surface area contributed by atoms with Gasteiger partial charge in [0.25, 0.3) is 0 Å². The lowest BCUT2D eigenvalue weighted by molar-refractivity contribution is 0.306. The van der Waals surface area contributed by atoms with Crippen LogP contribution in [-0.2, 0) is 0 Å². The third-order valence-corrected chi connectivity index (χ3v) is 3.70. The molecule has 17 heavy (non-hydrogen) atoms. The SMILES string of the molecule is COc1ccc(N2CCC(C)C(CN)C2)nc1. The third kappa shape index (κ3) is 2.69. The maximum Gasteiger partial charge on any atom is 0.137 e. The van der Waals surface area contributed by atoms with Crippen LogP contribution >= 0.6 is 0 Å². The van der Waals surface area contributed by atoms with Crippen LogP contribution in [0.2, 0.25) is 0 Å². The molecule has 2 atom stereocenters. The number of methoxy groups -OCH3 is 1. The lowest BCUT2D eigenvalue weighted by Gasteiger charge is -2.37. The number of rotatable bonds is 3. The van der Waals surface area contributed by atoms with Crippen molar-refractivity contribution in [1.82, 2.24) is 4.98 Å². The van der Waals surface area contributed by atoms with Gasteiger partial charge in [-0.05, 0) is 36.9 Å². The molecule has 0 radical (unpaired) electrons.